The summed E-state index contributed by atoms with van der Waals surface area (Å²) in [6.07, 6.45) is 2.76. The van der Waals surface area contributed by atoms with Gasteiger partial charge < -0.3 is 0 Å². The lowest BCUT2D eigenvalue weighted by Crippen LogP contribution is -1.96. The van der Waals surface area contributed by atoms with Gasteiger partial charge in [0.25, 0.3) is 0 Å². The van der Waals surface area contributed by atoms with Gasteiger partial charge in [-0.1, -0.05) is 40.2 Å². The molecule has 0 N–H and O–H groups in total. The third-order valence-corrected chi connectivity index (χ3v) is 3.46. The van der Waals surface area contributed by atoms with Gasteiger partial charge in [0.2, 0.25) is 0 Å². The Labute approximate surface area is 107 Å². The number of rotatable bonds is 2. The van der Waals surface area contributed by atoms with Crippen molar-refractivity contribution in [3.8, 4) is 0 Å². The van der Waals surface area contributed by atoms with Crippen molar-refractivity contribution in [1.29, 1.82) is 0 Å². The molecule has 2 aromatic heterocycles. The van der Waals surface area contributed by atoms with E-state index in [-0.39, 0.29) is 0 Å². The van der Waals surface area contributed by atoms with Crippen molar-refractivity contribution < 1.29 is 0 Å². The number of hydrogen-bond donors (Lipinski definition) is 0. The van der Waals surface area contributed by atoms with Crippen molar-refractivity contribution in [2.45, 2.75) is 6.42 Å². The highest BCUT2D eigenvalue weighted by molar-refractivity contribution is 9.10. The van der Waals surface area contributed by atoms with Gasteiger partial charge in [0.1, 0.15) is 5.82 Å². The largest absolute Gasteiger partial charge is 0.286 e. The van der Waals surface area contributed by atoms with Crippen LogP contribution in [-0.2, 0) is 6.42 Å². The summed E-state index contributed by atoms with van der Waals surface area (Å²) >= 11 is 3.55. The van der Waals surface area contributed by atoms with Gasteiger partial charge in [-0.2, -0.15) is 0 Å². The smallest absolute Gasteiger partial charge is 0.160 e. The fourth-order valence-corrected chi connectivity index (χ4v) is 2.25. The van der Waals surface area contributed by atoms with Gasteiger partial charge >= 0.3 is 0 Å². The van der Waals surface area contributed by atoms with Crippen LogP contribution in [-0.4, -0.2) is 14.6 Å². The molecule has 3 nitrogen and oxygen atoms in total. The second-order valence-electron chi connectivity index (χ2n) is 3.81. The minimum Gasteiger partial charge on any atom is -0.286 e. The summed E-state index contributed by atoms with van der Waals surface area (Å²) in [4.78, 5) is 0. The van der Waals surface area contributed by atoms with Crippen LogP contribution in [0.1, 0.15) is 11.4 Å². The number of hydrogen-bond acceptors (Lipinski definition) is 2. The highest BCUT2D eigenvalue weighted by Gasteiger charge is 2.07. The summed E-state index contributed by atoms with van der Waals surface area (Å²) in [7, 11) is 0. The SMILES string of the molecule is Brc1ccccc1Cc1nnc2ccccn12. The van der Waals surface area contributed by atoms with Crippen molar-refractivity contribution in [3.05, 3.63) is 64.5 Å². The molecular formula is C13H10BrN3. The van der Waals surface area contributed by atoms with Crippen LogP contribution in [0, 0.1) is 0 Å². The first-order chi connectivity index (χ1) is 8.34. The molecule has 0 unspecified atom stereocenters. The number of aromatic nitrogens is 3. The van der Waals surface area contributed by atoms with E-state index in [4.69, 9.17) is 0 Å². The van der Waals surface area contributed by atoms with E-state index in [0.29, 0.717) is 0 Å². The van der Waals surface area contributed by atoms with Crippen LogP contribution >= 0.6 is 15.9 Å². The fourth-order valence-electron chi connectivity index (χ4n) is 1.82. The predicted molar refractivity (Wildman–Crippen MR) is 69.9 cm³/mol. The predicted octanol–water partition coefficient (Wildman–Crippen LogP) is 3.08. The summed E-state index contributed by atoms with van der Waals surface area (Å²) in [5.41, 5.74) is 2.10. The average Bonchev–Trinajstić information content (AvgIpc) is 2.76. The maximum Gasteiger partial charge on any atom is 0.160 e. The number of pyridine rings is 1. The van der Waals surface area contributed by atoms with E-state index in [1.165, 1.54) is 5.56 Å². The van der Waals surface area contributed by atoms with E-state index < -0.39 is 0 Å². The summed E-state index contributed by atoms with van der Waals surface area (Å²) in [5, 5.41) is 8.37. The molecule has 17 heavy (non-hydrogen) atoms. The fraction of sp³-hybridized carbons (Fsp3) is 0.0769. The molecule has 0 saturated heterocycles. The molecule has 0 aliphatic carbocycles. The van der Waals surface area contributed by atoms with Gasteiger partial charge in [-0.3, -0.25) is 4.40 Å². The summed E-state index contributed by atoms with van der Waals surface area (Å²) in [6, 6.07) is 14.1. The van der Waals surface area contributed by atoms with Crippen LogP contribution in [0.5, 0.6) is 0 Å². The molecule has 0 amide bonds. The summed E-state index contributed by atoms with van der Waals surface area (Å²) < 4.78 is 3.12. The molecule has 0 aliphatic rings. The van der Waals surface area contributed by atoms with Gasteiger partial charge in [0.15, 0.2) is 5.65 Å². The third-order valence-electron chi connectivity index (χ3n) is 2.69. The Balaban J connectivity index is 2.03. The van der Waals surface area contributed by atoms with Gasteiger partial charge in [0, 0.05) is 17.1 Å². The molecule has 3 aromatic rings. The minimum atomic E-state index is 0.770. The maximum atomic E-state index is 4.22. The van der Waals surface area contributed by atoms with Crippen molar-refractivity contribution in [2.24, 2.45) is 0 Å². The Bertz CT molecular complexity index is 660. The van der Waals surface area contributed by atoms with Gasteiger partial charge in [-0.25, -0.2) is 0 Å². The molecule has 0 bridgehead atoms. The molecule has 1 aromatic carbocycles. The molecule has 0 saturated carbocycles. The lowest BCUT2D eigenvalue weighted by Gasteiger charge is -2.02. The lowest BCUT2D eigenvalue weighted by molar-refractivity contribution is 0.931. The van der Waals surface area contributed by atoms with Gasteiger partial charge in [0.05, 0.1) is 0 Å². The highest BCUT2D eigenvalue weighted by atomic mass is 79.9. The standard InChI is InChI=1S/C13H10BrN3/c14-11-6-2-1-5-10(11)9-13-16-15-12-7-3-4-8-17(12)13/h1-8H,9H2. The topological polar surface area (TPSA) is 30.2 Å². The third kappa shape index (κ3) is 1.96. The normalized spacial score (nSPS) is 10.9. The first kappa shape index (κ1) is 10.5. The molecule has 0 spiro atoms. The van der Waals surface area contributed by atoms with Gasteiger partial charge in [-0.05, 0) is 23.8 Å². The molecule has 0 atom stereocenters. The Morgan fingerprint density at radius 1 is 1.00 bits per heavy atom. The van der Waals surface area contributed by atoms with E-state index in [0.717, 1.165) is 22.4 Å². The van der Waals surface area contributed by atoms with Crippen LogP contribution in [0.2, 0.25) is 0 Å². The van der Waals surface area contributed by atoms with Crippen molar-refractivity contribution in [1.82, 2.24) is 14.6 Å². The molecule has 0 aliphatic heterocycles. The Morgan fingerprint density at radius 3 is 2.71 bits per heavy atom. The molecule has 84 valence electrons. The summed E-state index contributed by atoms with van der Waals surface area (Å²) in [6.45, 7) is 0. The second kappa shape index (κ2) is 4.30. The second-order valence-corrected chi connectivity index (χ2v) is 4.67. The monoisotopic (exact) mass is 287 g/mol. The molecule has 2 heterocycles. The van der Waals surface area contributed by atoms with E-state index in [9.17, 15) is 0 Å². The quantitative estimate of drug-likeness (QED) is 0.725. The van der Waals surface area contributed by atoms with E-state index in [1.807, 2.05) is 47.0 Å². The van der Waals surface area contributed by atoms with Crippen molar-refractivity contribution in [2.75, 3.05) is 0 Å². The van der Waals surface area contributed by atoms with E-state index in [2.05, 4.69) is 32.2 Å². The highest BCUT2D eigenvalue weighted by Crippen LogP contribution is 2.19. The number of halogens is 1. The van der Waals surface area contributed by atoms with Crippen LogP contribution < -0.4 is 0 Å². The average molecular weight is 288 g/mol. The van der Waals surface area contributed by atoms with Crippen LogP contribution in [0.25, 0.3) is 5.65 Å². The summed E-state index contributed by atoms with van der Waals surface area (Å²) in [5.74, 6) is 0.951. The number of fused-ring (bicyclic) bond motifs is 1. The Hall–Kier alpha value is -1.68. The number of benzene rings is 1. The van der Waals surface area contributed by atoms with Crippen LogP contribution in [0.4, 0.5) is 0 Å². The molecule has 0 fully saturated rings. The van der Waals surface area contributed by atoms with E-state index in [1.54, 1.807) is 0 Å². The Kier molecular flexibility index (Phi) is 2.65. The zero-order valence-corrected chi connectivity index (χ0v) is 10.6. The Morgan fingerprint density at radius 2 is 1.82 bits per heavy atom. The van der Waals surface area contributed by atoms with Crippen molar-refractivity contribution in [3.63, 3.8) is 0 Å². The van der Waals surface area contributed by atoms with Crippen LogP contribution in [0.15, 0.2) is 53.1 Å². The first-order valence-corrected chi connectivity index (χ1v) is 6.16. The van der Waals surface area contributed by atoms with Crippen molar-refractivity contribution >= 4 is 21.6 Å². The van der Waals surface area contributed by atoms with E-state index >= 15 is 0 Å². The number of nitrogens with zero attached hydrogens (tertiary/aromatic N) is 3. The maximum absolute atomic E-state index is 4.22. The molecule has 3 rings (SSSR count). The zero-order chi connectivity index (χ0) is 11.7. The van der Waals surface area contributed by atoms with Gasteiger partial charge in [-0.15, -0.1) is 10.2 Å². The molecule has 4 heteroatoms. The zero-order valence-electron chi connectivity index (χ0n) is 9.05. The first-order valence-electron chi connectivity index (χ1n) is 5.36. The molecular weight excluding hydrogens is 278 g/mol. The lowest BCUT2D eigenvalue weighted by atomic mass is 10.1. The molecule has 0 radical (unpaired) electrons. The van der Waals surface area contributed by atoms with Crippen LogP contribution in [0.3, 0.4) is 0 Å². The minimum absolute atomic E-state index is 0.770.